The summed E-state index contributed by atoms with van der Waals surface area (Å²) in [6.07, 6.45) is 4.22. The normalized spacial score (nSPS) is 10.7. The van der Waals surface area contributed by atoms with Gasteiger partial charge in [0.15, 0.2) is 11.5 Å². The maximum atomic E-state index is 10.4. The average molecular weight is 309 g/mol. The third kappa shape index (κ3) is 3.06. The third-order valence-corrected chi connectivity index (χ3v) is 3.79. The van der Waals surface area contributed by atoms with Crippen LogP contribution in [-0.2, 0) is 6.42 Å². The van der Waals surface area contributed by atoms with E-state index in [9.17, 15) is 5.11 Å². The van der Waals surface area contributed by atoms with Gasteiger partial charge in [0.05, 0.1) is 13.7 Å². The summed E-state index contributed by atoms with van der Waals surface area (Å²) in [7, 11) is 1.66. The van der Waals surface area contributed by atoms with Crippen LogP contribution in [-0.4, -0.2) is 23.8 Å². The van der Waals surface area contributed by atoms with Crippen molar-refractivity contribution in [1.29, 1.82) is 0 Å². The van der Waals surface area contributed by atoms with Crippen LogP contribution in [0.3, 0.4) is 0 Å². The Morgan fingerprint density at radius 3 is 2.74 bits per heavy atom. The molecule has 118 valence electrons. The molecule has 1 N–H and O–H groups in total. The Morgan fingerprint density at radius 1 is 1.09 bits per heavy atom. The molecule has 0 amide bonds. The zero-order valence-corrected chi connectivity index (χ0v) is 13.2. The summed E-state index contributed by atoms with van der Waals surface area (Å²) in [5.74, 6) is 1.46. The van der Waals surface area contributed by atoms with E-state index in [0.717, 1.165) is 28.7 Å². The maximum Gasteiger partial charge on any atom is 0.167 e. The first-order valence-electron chi connectivity index (χ1n) is 7.57. The Kier molecular flexibility index (Phi) is 4.33. The quantitative estimate of drug-likeness (QED) is 0.775. The summed E-state index contributed by atoms with van der Waals surface area (Å²) >= 11 is 0. The molecule has 2 aromatic carbocycles. The number of phenols is 1. The Hall–Kier alpha value is -2.75. The molecule has 0 saturated heterocycles. The molecular weight excluding hydrogens is 290 g/mol. The topological polar surface area (TPSA) is 51.6 Å². The number of rotatable bonds is 5. The number of nitrogens with zero attached hydrogens (tertiary/aromatic N) is 1. The number of hydrogen-bond acceptors (Lipinski definition) is 4. The van der Waals surface area contributed by atoms with Crippen molar-refractivity contribution in [3.8, 4) is 17.2 Å². The Balaban J connectivity index is 2.02. The first-order chi connectivity index (χ1) is 11.2. The van der Waals surface area contributed by atoms with Gasteiger partial charge < -0.3 is 14.6 Å². The smallest absolute Gasteiger partial charge is 0.167 e. The molecule has 0 radical (unpaired) electrons. The van der Waals surface area contributed by atoms with Gasteiger partial charge in [-0.2, -0.15) is 0 Å². The van der Waals surface area contributed by atoms with Crippen molar-refractivity contribution in [3.63, 3.8) is 0 Å². The minimum Gasteiger partial charge on any atom is -0.504 e. The van der Waals surface area contributed by atoms with E-state index in [-0.39, 0.29) is 5.75 Å². The highest BCUT2D eigenvalue weighted by molar-refractivity contribution is 5.92. The van der Waals surface area contributed by atoms with Crippen LogP contribution in [0.15, 0.2) is 48.8 Å². The standard InChI is InChI=1S/C19H19NO3/c1-3-23-18-8-7-16-14(11-20-12-17(16)19(18)21)9-13-5-4-6-15(10-13)22-2/h4-8,10-12,21H,3,9H2,1-2H3. The molecule has 1 heterocycles. The number of pyridine rings is 1. The van der Waals surface area contributed by atoms with Crippen molar-refractivity contribution in [2.45, 2.75) is 13.3 Å². The second-order valence-corrected chi connectivity index (χ2v) is 5.27. The molecule has 0 atom stereocenters. The number of benzene rings is 2. The second kappa shape index (κ2) is 6.57. The van der Waals surface area contributed by atoms with Crippen LogP contribution in [0.1, 0.15) is 18.1 Å². The van der Waals surface area contributed by atoms with Gasteiger partial charge in [0.2, 0.25) is 0 Å². The minimum atomic E-state index is 0.143. The Morgan fingerprint density at radius 2 is 1.96 bits per heavy atom. The lowest BCUT2D eigenvalue weighted by Gasteiger charge is -2.11. The van der Waals surface area contributed by atoms with E-state index in [4.69, 9.17) is 9.47 Å². The molecule has 0 bridgehead atoms. The second-order valence-electron chi connectivity index (χ2n) is 5.27. The van der Waals surface area contributed by atoms with Crippen LogP contribution in [0.25, 0.3) is 10.8 Å². The largest absolute Gasteiger partial charge is 0.504 e. The van der Waals surface area contributed by atoms with Gasteiger partial charge in [-0.1, -0.05) is 18.2 Å². The first kappa shape index (κ1) is 15.2. The monoisotopic (exact) mass is 309 g/mol. The van der Waals surface area contributed by atoms with Gasteiger partial charge >= 0.3 is 0 Å². The van der Waals surface area contributed by atoms with E-state index >= 15 is 0 Å². The predicted molar refractivity (Wildman–Crippen MR) is 90.4 cm³/mol. The SMILES string of the molecule is CCOc1ccc2c(Cc3cccc(OC)c3)cncc2c1O. The molecular formula is C19H19NO3. The van der Waals surface area contributed by atoms with Crippen LogP contribution in [0.2, 0.25) is 0 Å². The van der Waals surface area contributed by atoms with E-state index in [1.807, 2.05) is 37.4 Å². The highest BCUT2D eigenvalue weighted by atomic mass is 16.5. The van der Waals surface area contributed by atoms with Crippen LogP contribution in [0.5, 0.6) is 17.2 Å². The maximum absolute atomic E-state index is 10.4. The van der Waals surface area contributed by atoms with Crippen LogP contribution in [0.4, 0.5) is 0 Å². The Labute approximate surface area is 135 Å². The van der Waals surface area contributed by atoms with Crippen molar-refractivity contribution in [2.24, 2.45) is 0 Å². The highest BCUT2D eigenvalue weighted by Crippen LogP contribution is 2.35. The third-order valence-electron chi connectivity index (χ3n) is 3.79. The summed E-state index contributed by atoms with van der Waals surface area (Å²) in [6.45, 7) is 2.40. The van der Waals surface area contributed by atoms with Crippen molar-refractivity contribution >= 4 is 10.8 Å². The average Bonchev–Trinajstić information content (AvgIpc) is 2.58. The van der Waals surface area contributed by atoms with Gasteiger partial charge in [0, 0.05) is 17.8 Å². The molecule has 23 heavy (non-hydrogen) atoms. The molecule has 1 aromatic heterocycles. The number of hydrogen-bond donors (Lipinski definition) is 1. The zero-order chi connectivity index (χ0) is 16.2. The molecule has 3 aromatic rings. The Bertz CT molecular complexity index is 830. The van der Waals surface area contributed by atoms with E-state index in [1.165, 1.54) is 0 Å². The van der Waals surface area contributed by atoms with Crippen LogP contribution >= 0.6 is 0 Å². The molecule has 0 aliphatic heterocycles. The van der Waals surface area contributed by atoms with E-state index < -0.39 is 0 Å². The van der Waals surface area contributed by atoms with Gasteiger partial charge in [-0.15, -0.1) is 0 Å². The molecule has 0 aliphatic rings. The van der Waals surface area contributed by atoms with Crippen molar-refractivity contribution in [3.05, 3.63) is 59.9 Å². The molecule has 0 spiro atoms. The number of aromatic hydroxyl groups is 1. The predicted octanol–water partition coefficient (Wildman–Crippen LogP) is 3.94. The first-order valence-corrected chi connectivity index (χ1v) is 7.57. The fraction of sp³-hybridized carbons (Fsp3) is 0.211. The summed E-state index contributed by atoms with van der Waals surface area (Å²) < 4.78 is 10.7. The minimum absolute atomic E-state index is 0.143. The van der Waals surface area contributed by atoms with Crippen LogP contribution in [0, 0.1) is 0 Å². The zero-order valence-electron chi connectivity index (χ0n) is 13.2. The molecule has 0 unspecified atom stereocenters. The molecule has 0 saturated carbocycles. The molecule has 0 fully saturated rings. The lowest BCUT2D eigenvalue weighted by Crippen LogP contribution is -1.95. The lowest BCUT2D eigenvalue weighted by atomic mass is 10.00. The number of aromatic nitrogens is 1. The van der Waals surface area contributed by atoms with E-state index in [1.54, 1.807) is 19.4 Å². The van der Waals surface area contributed by atoms with Gasteiger partial charge in [-0.25, -0.2) is 0 Å². The number of ether oxygens (including phenoxy) is 2. The van der Waals surface area contributed by atoms with Gasteiger partial charge in [0.25, 0.3) is 0 Å². The highest BCUT2D eigenvalue weighted by Gasteiger charge is 2.11. The van der Waals surface area contributed by atoms with E-state index in [2.05, 4.69) is 11.1 Å². The van der Waals surface area contributed by atoms with Gasteiger partial charge in [-0.05, 0) is 48.1 Å². The van der Waals surface area contributed by atoms with Gasteiger partial charge in [0.1, 0.15) is 5.75 Å². The number of methoxy groups -OCH3 is 1. The molecule has 4 nitrogen and oxygen atoms in total. The van der Waals surface area contributed by atoms with Crippen molar-refractivity contribution in [1.82, 2.24) is 4.98 Å². The summed E-state index contributed by atoms with van der Waals surface area (Å²) in [5, 5.41) is 12.0. The fourth-order valence-corrected chi connectivity index (χ4v) is 2.69. The summed E-state index contributed by atoms with van der Waals surface area (Å²) in [5.41, 5.74) is 2.18. The fourth-order valence-electron chi connectivity index (χ4n) is 2.69. The molecule has 3 rings (SSSR count). The van der Waals surface area contributed by atoms with E-state index in [0.29, 0.717) is 17.7 Å². The van der Waals surface area contributed by atoms with Crippen LogP contribution < -0.4 is 9.47 Å². The molecule has 0 aliphatic carbocycles. The lowest BCUT2D eigenvalue weighted by molar-refractivity contribution is 0.320. The number of fused-ring (bicyclic) bond motifs is 1. The summed E-state index contributed by atoms with van der Waals surface area (Å²) in [6, 6.07) is 11.7. The summed E-state index contributed by atoms with van der Waals surface area (Å²) in [4.78, 5) is 4.27. The molecule has 4 heteroatoms. The van der Waals surface area contributed by atoms with Gasteiger partial charge in [-0.3, -0.25) is 4.98 Å². The van der Waals surface area contributed by atoms with Crippen molar-refractivity contribution in [2.75, 3.05) is 13.7 Å². The van der Waals surface area contributed by atoms with Crippen molar-refractivity contribution < 1.29 is 14.6 Å². The number of phenolic OH excluding ortho intramolecular Hbond substituents is 1.